The van der Waals surface area contributed by atoms with Gasteiger partial charge in [0.1, 0.15) is 4.83 Å². The van der Waals surface area contributed by atoms with Gasteiger partial charge >= 0.3 is 0 Å². The molecular formula is C20H25N3O2S2. The van der Waals surface area contributed by atoms with Crippen LogP contribution in [0.5, 0.6) is 0 Å². The van der Waals surface area contributed by atoms with E-state index in [1.807, 2.05) is 0 Å². The molecule has 0 fully saturated rings. The summed E-state index contributed by atoms with van der Waals surface area (Å²) in [6.07, 6.45) is 12.6. The van der Waals surface area contributed by atoms with Crippen molar-refractivity contribution >= 4 is 39.2 Å². The topological polar surface area (TPSA) is 64.0 Å². The van der Waals surface area contributed by atoms with Crippen molar-refractivity contribution in [1.29, 1.82) is 0 Å². The number of thiophene rings is 1. The van der Waals surface area contributed by atoms with Gasteiger partial charge in [-0.05, 0) is 37.7 Å². The first-order valence-electron chi connectivity index (χ1n) is 9.53. The van der Waals surface area contributed by atoms with Crippen LogP contribution in [0.3, 0.4) is 0 Å². The number of hydrogen-bond acceptors (Lipinski definition) is 5. The van der Waals surface area contributed by atoms with Crippen LogP contribution < -0.4 is 10.9 Å². The zero-order valence-electron chi connectivity index (χ0n) is 15.7. The summed E-state index contributed by atoms with van der Waals surface area (Å²) >= 11 is 2.96. The Hall–Kier alpha value is -1.78. The van der Waals surface area contributed by atoms with Crippen molar-refractivity contribution in [2.75, 3.05) is 12.3 Å². The molecule has 0 saturated carbocycles. The average Bonchev–Trinajstić information content (AvgIpc) is 3.05. The average molecular weight is 404 g/mol. The predicted octanol–water partition coefficient (Wildman–Crippen LogP) is 3.37. The highest BCUT2D eigenvalue weighted by Gasteiger charge is 2.22. The molecule has 1 aliphatic rings. The Balaban J connectivity index is 1.94. The molecule has 2 heterocycles. The number of amides is 1. The maximum Gasteiger partial charge on any atom is 0.263 e. The first-order valence-corrected chi connectivity index (χ1v) is 11.3. The molecule has 27 heavy (non-hydrogen) atoms. The second-order valence-electron chi connectivity index (χ2n) is 6.72. The summed E-state index contributed by atoms with van der Waals surface area (Å²) in [6, 6.07) is 0. The molecule has 0 saturated heterocycles. The quantitative estimate of drug-likeness (QED) is 0.318. The summed E-state index contributed by atoms with van der Waals surface area (Å²) in [5.41, 5.74) is 1.27. The van der Waals surface area contributed by atoms with Gasteiger partial charge in [0.05, 0.1) is 17.7 Å². The van der Waals surface area contributed by atoms with E-state index in [-0.39, 0.29) is 23.8 Å². The molecule has 0 spiro atoms. The van der Waals surface area contributed by atoms with E-state index in [2.05, 4.69) is 18.2 Å². The number of aromatic nitrogens is 2. The van der Waals surface area contributed by atoms with Gasteiger partial charge in [-0.3, -0.25) is 14.2 Å². The molecule has 0 aromatic carbocycles. The second kappa shape index (κ2) is 9.43. The third-order valence-corrected chi connectivity index (χ3v) is 6.91. The number of nitrogens with one attached hydrogen (secondary N) is 1. The van der Waals surface area contributed by atoms with Crippen LogP contribution in [0.25, 0.3) is 10.2 Å². The minimum absolute atomic E-state index is 0.0574. The van der Waals surface area contributed by atoms with Crippen molar-refractivity contribution in [1.82, 2.24) is 14.9 Å². The zero-order chi connectivity index (χ0) is 19.2. The van der Waals surface area contributed by atoms with Crippen LogP contribution in [0.1, 0.15) is 49.5 Å². The summed E-state index contributed by atoms with van der Waals surface area (Å²) in [7, 11) is 0. The molecule has 1 amide bonds. The molecule has 1 N–H and O–H groups in total. The van der Waals surface area contributed by atoms with Crippen molar-refractivity contribution in [2.24, 2.45) is 0 Å². The van der Waals surface area contributed by atoms with Crippen LogP contribution in [0.15, 0.2) is 9.95 Å². The van der Waals surface area contributed by atoms with Gasteiger partial charge in [-0.1, -0.05) is 37.4 Å². The van der Waals surface area contributed by atoms with Crippen LogP contribution >= 0.6 is 23.1 Å². The maximum atomic E-state index is 13.3. The molecule has 5 nitrogen and oxygen atoms in total. The highest BCUT2D eigenvalue weighted by atomic mass is 32.2. The molecule has 2 aromatic heterocycles. The Morgan fingerprint density at radius 2 is 2.19 bits per heavy atom. The van der Waals surface area contributed by atoms with Gasteiger partial charge in [-0.15, -0.1) is 17.8 Å². The third-order valence-electron chi connectivity index (χ3n) is 4.75. The number of rotatable bonds is 8. The van der Waals surface area contributed by atoms with Crippen LogP contribution in [-0.2, 0) is 24.2 Å². The maximum absolute atomic E-state index is 13.3. The molecule has 0 radical (unpaired) electrons. The largest absolute Gasteiger partial charge is 0.344 e. The molecule has 0 aliphatic heterocycles. The third kappa shape index (κ3) is 4.56. The van der Waals surface area contributed by atoms with E-state index in [4.69, 9.17) is 11.4 Å². The lowest BCUT2D eigenvalue weighted by Gasteiger charge is -2.13. The van der Waals surface area contributed by atoms with Crippen molar-refractivity contribution in [3.63, 3.8) is 0 Å². The Labute approximate surface area is 168 Å². The summed E-state index contributed by atoms with van der Waals surface area (Å²) in [5, 5.41) is 4.11. The lowest BCUT2D eigenvalue weighted by molar-refractivity contribution is -0.118. The van der Waals surface area contributed by atoms with Gasteiger partial charge in [-0.2, -0.15) is 0 Å². The number of aryl methyl sites for hydroxylation is 2. The van der Waals surface area contributed by atoms with E-state index < -0.39 is 0 Å². The van der Waals surface area contributed by atoms with Crippen molar-refractivity contribution in [3.05, 3.63) is 20.8 Å². The molecule has 0 bridgehead atoms. The summed E-state index contributed by atoms with van der Waals surface area (Å²) in [6.45, 7) is 3.01. The SMILES string of the molecule is C#CCNC(=O)CSc1nc2sc3c(c2c(=O)n1CCCCC)CCCC3. The van der Waals surface area contributed by atoms with E-state index in [9.17, 15) is 9.59 Å². The van der Waals surface area contributed by atoms with E-state index in [1.54, 1.807) is 15.9 Å². The standard InChI is InChI=1S/C20H25N3O2S2/c1-3-5-8-12-23-19(25)17-14-9-6-7-10-15(14)27-18(17)22-20(23)26-13-16(24)21-11-4-2/h2H,3,5-13H2,1H3,(H,21,24). The zero-order valence-corrected chi connectivity index (χ0v) is 17.3. The lowest BCUT2D eigenvalue weighted by atomic mass is 9.97. The first kappa shape index (κ1) is 20.0. The molecule has 2 aromatic rings. The Morgan fingerprint density at radius 3 is 2.96 bits per heavy atom. The van der Waals surface area contributed by atoms with Gasteiger partial charge in [0, 0.05) is 11.4 Å². The van der Waals surface area contributed by atoms with E-state index in [0.29, 0.717) is 11.7 Å². The van der Waals surface area contributed by atoms with Crippen LogP contribution in [-0.4, -0.2) is 27.8 Å². The van der Waals surface area contributed by atoms with Crippen molar-refractivity contribution < 1.29 is 4.79 Å². The fraction of sp³-hybridized carbons (Fsp3) is 0.550. The normalized spacial score (nSPS) is 13.3. The smallest absolute Gasteiger partial charge is 0.263 e. The number of carbonyl (C=O) groups excluding carboxylic acids is 1. The van der Waals surface area contributed by atoms with Gasteiger partial charge in [-0.25, -0.2) is 4.98 Å². The number of nitrogens with zero attached hydrogens (tertiary/aromatic N) is 2. The van der Waals surface area contributed by atoms with Crippen LogP contribution in [0.2, 0.25) is 0 Å². The molecular weight excluding hydrogens is 378 g/mol. The summed E-state index contributed by atoms with van der Waals surface area (Å²) in [4.78, 5) is 32.1. The number of thioether (sulfide) groups is 1. The van der Waals surface area contributed by atoms with E-state index >= 15 is 0 Å². The summed E-state index contributed by atoms with van der Waals surface area (Å²) < 4.78 is 1.78. The van der Waals surface area contributed by atoms with E-state index in [1.165, 1.54) is 28.6 Å². The minimum Gasteiger partial charge on any atom is -0.344 e. The Bertz CT molecular complexity index is 924. The molecule has 0 atom stereocenters. The first-order chi connectivity index (χ1) is 13.2. The molecule has 144 valence electrons. The molecule has 3 rings (SSSR count). The predicted molar refractivity (Wildman–Crippen MR) is 113 cm³/mol. The number of fused-ring (bicyclic) bond motifs is 3. The molecule has 1 aliphatic carbocycles. The number of hydrogen-bond donors (Lipinski definition) is 1. The minimum atomic E-state index is -0.141. The Kier molecular flexibility index (Phi) is 6.97. The van der Waals surface area contributed by atoms with Gasteiger partial charge in [0.2, 0.25) is 5.91 Å². The number of terminal acetylenes is 1. The van der Waals surface area contributed by atoms with Crippen molar-refractivity contribution in [2.45, 2.75) is 63.6 Å². The van der Waals surface area contributed by atoms with Crippen molar-refractivity contribution in [3.8, 4) is 12.3 Å². The highest BCUT2D eigenvalue weighted by molar-refractivity contribution is 7.99. The van der Waals surface area contributed by atoms with Gasteiger partial charge in [0.15, 0.2) is 5.16 Å². The Morgan fingerprint density at radius 1 is 1.37 bits per heavy atom. The number of carbonyl (C=O) groups is 1. The van der Waals surface area contributed by atoms with Crippen LogP contribution in [0.4, 0.5) is 0 Å². The number of unbranched alkanes of at least 4 members (excludes halogenated alkanes) is 2. The monoisotopic (exact) mass is 403 g/mol. The molecule has 7 heteroatoms. The second-order valence-corrected chi connectivity index (χ2v) is 8.74. The van der Waals surface area contributed by atoms with Gasteiger partial charge < -0.3 is 5.32 Å². The van der Waals surface area contributed by atoms with Crippen LogP contribution in [0, 0.1) is 12.3 Å². The highest BCUT2D eigenvalue weighted by Crippen LogP contribution is 2.34. The molecule has 0 unspecified atom stereocenters. The fourth-order valence-corrected chi connectivity index (χ4v) is 5.54. The van der Waals surface area contributed by atoms with E-state index in [0.717, 1.165) is 48.7 Å². The summed E-state index contributed by atoms with van der Waals surface area (Å²) in [5.74, 6) is 2.46. The lowest BCUT2D eigenvalue weighted by Crippen LogP contribution is -2.27. The van der Waals surface area contributed by atoms with Gasteiger partial charge in [0.25, 0.3) is 5.56 Å². The fourth-order valence-electron chi connectivity index (χ4n) is 3.38.